The minimum absolute atomic E-state index is 0.0476. The lowest BCUT2D eigenvalue weighted by atomic mass is 9.89. The second kappa shape index (κ2) is 13.0. The first kappa shape index (κ1) is 31.3. The fraction of sp³-hybridized carbons (Fsp3) is 0.394. The fourth-order valence-electron chi connectivity index (χ4n) is 6.37. The number of Topliss-reactive ketones (excluding diaryl/α,β-unsaturated/α-hetero) is 1. The average molecular weight is 635 g/mol. The lowest BCUT2D eigenvalue weighted by Crippen LogP contribution is -2.46. The number of nitrogens with one attached hydrogen (secondary N) is 1. The molecule has 46 heavy (non-hydrogen) atoms. The quantitative estimate of drug-likeness (QED) is 0.284. The van der Waals surface area contributed by atoms with Gasteiger partial charge in [-0.05, 0) is 54.8 Å². The summed E-state index contributed by atoms with van der Waals surface area (Å²) in [7, 11) is 0. The number of carbonyl (C=O) groups is 3. The third kappa shape index (κ3) is 6.64. The summed E-state index contributed by atoms with van der Waals surface area (Å²) in [4.78, 5) is 52.3. The predicted octanol–water partition coefficient (Wildman–Crippen LogP) is 4.61. The summed E-state index contributed by atoms with van der Waals surface area (Å²) in [5.74, 6) is -2.36. The van der Waals surface area contributed by atoms with Crippen molar-refractivity contribution in [2.75, 3.05) is 32.7 Å². The smallest absolute Gasteiger partial charge is 0.410 e. The van der Waals surface area contributed by atoms with E-state index in [0.717, 1.165) is 18.3 Å². The maximum Gasteiger partial charge on any atom is 0.410 e. The minimum Gasteiger partial charge on any atom is -0.441 e. The molecule has 10 nitrogen and oxygen atoms in total. The third-order valence-corrected chi connectivity index (χ3v) is 9.08. The Balaban J connectivity index is 0.987. The molecular formula is C33H33F3N6O4. The lowest BCUT2D eigenvalue weighted by Gasteiger charge is -2.37. The van der Waals surface area contributed by atoms with Crippen molar-refractivity contribution in [1.29, 1.82) is 5.41 Å². The van der Waals surface area contributed by atoms with Gasteiger partial charge in [0.2, 0.25) is 0 Å². The van der Waals surface area contributed by atoms with Gasteiger partial charge in [0.25, 0.3) is 5.91 Å². The molecule has 240 valence electrons. The van der Waals surface area contributed by atoms with Crippen LogP contribution in [0.4, 0.5) is 18.0 Å². The summed E-state index contributed by atoms with van der Waals surface area (Å²) < 4.78 is 47.8. The molecule has 3 saturated heterocycles. The van der Waals surface area contributed by atoms with Crippen LogP contribution in [0, 0.1) is 28.8 Å². The molecule has 2 aromatic carbocycles. The molecular weight excluding hydrogens is 601 g/mol. The van der Waals surface area contributed by atoms with Crippen LogP contribution in [0.1, 0.15) is 63.4 Å². The molecule has 1 spiro atoms. The molecule has 4 heterocycles. The van der Waals surface area contributed by atoms with Crippen molar-refractivity contribution in [2.24, 2.45) is 5.92 Å². The summed E-state index contributed by atoms with van der Waals surface area (Å²) in [5.41, 5.74) is 0.527. The summed E-state index contributed by atoms with van der Waals surface area (Å²) in [5, 5.41) is 7.21. The zero-order chi connectivity index (χ0) is 32.4. The van der Waals surface area contributed by atoms with E-state index in [0.29, 0.717) is 69.7 Å². The van der Waals surface area contributed by atoms with Crippen LogP contribution in [0.2, 0.25) is 0 Å². The average Bonchev–Trinajstić information content (AvgIpc) is 3.37. The maximum atomic E-state index is 14.4. The molecule has 0 unspecified atom stereocenters. The second-order valence-electron chi connectivity index (χ2n) is 12.1. The minimum atomic E-state index is -0.706. The molecule has 13 heteroatoms. The molecule has 0 atom stereocenters. The Morgan fingerprint density at radius 1 is 0.957 bits per heavy atom. The fourth-order valence-corrected chi connectivity index (χ4v) is 6.37. The Bertz CT molecular complexity index is 1610. The molecule has 1 N–H and O–H groups in total. The Kier molecular flexibility index (Phi) is 8.85. The predicted molar refractivity (Wildman–Crippen MR) is 160 cm³/mol. The van der Waals surface area contributed by atoms with Gasteiger partial charge in [-0.25, -0.2) is 22.9 Å². The van der Waals surface area contributed by atoms with E-state index in [1.165, 1.54) is 36.7 Å². The Hall–Kier alpha value is -4.65. The van der Waals surface area contributed by atoms with Gasteiger partial charge in [-0.1, -0.05) is 0 Å². The number of carbonyl (C=O) groups excluding carboxylic acids is 3. The largest absolute Gasteiger partial charge is 0.441 e. The highest BCUT2D eigenvalue weighted by Gasteiger charge is 2.47. The molecule has 0 bridgehead atoms. The van der Waals surface area contributed by atoms with Gasteiger partial charge in [0.05, 0.1) is 31.2 Å². The van der Waals surface area contributed by atoms with Gasteiger partial charge in [-0.15, -0.1) is 0 Å². The molecule has 6 rings (SSSR count). The van der Waals surface area contributed by atoms with E-state index in [1.807, 2.05) is 4.90 Å². The van der Waals surface area contributed by atoms with Crippen molar-refractivity contribution >= 4 is 24.0 Å². The van der Waals surface area contributed by atoms with E-state index in [4.69, 9.17) is 10.1 Å². The van der Waals surface area contributed by atoms with Gasteiger partial charge >= 0.3 is 6.09 Å². The number of halogens is 3. The summed E-state index contributed by atoms with van der Waals surface area (Å²) in [6.07, 6.45) is 5.27. The summed E-state index contributed by atoms with van der Waals surface area (Å²) in [6, 6.07) is 7.77. The zero-order valence-electron chi connectivity index (χ0n) is 25.1. The molecule has 0 saturated carbocycles. The molecule has 3 aliphatic rings. The monoisotopic (exact) mass is 634 g/mol. The number of piperidine rings is 2. The van der Waals surface area contributed by atoms with Crippen LogP contribution in [0.15, 0.2) is 48.8 Å². The van der Waals surface area contributed by atoms with E-state index >= 15 is 0 Å². The summed E-state index contributed by atoms with van der Waals surface area (Å²) in [6.45, 7) is 2.32. The number of benzene rings is 2. The van der Waals surface area contributed by atoms with Crippen LogP contribution in [0.5, 0.6) is 0 Å². The van der Waals surface area contributed by atoms with Gasteiger partial charge in [0.15, 0.2) is 5.78 Å². The number of aromatic nitrogens is 2. The first-order valence-electron chi connectivity index (χ1n) is 15.2. The van der Waals surface area contributed by atoms with E-state index in [2.05, 4.69) is 9.97 Å². The number of hydrogen-bond donors (Lipinski definition) is 1. The van der Waals surface area contributed by atoms with Crippen LogP contribution < -0.4 is 0 Å². The standard InChI is InChI=1S/C33H33F3N6O4/c34-24-3-1-22(2-4-24)30(43)23-5-9-41(10-6-23)31(44)29-17-38-25(16-39-29)18-42-20-33(46-32(42)45)7-11-40(12-8-33)19-26-27(35)13-21(15-37)14-28(26)36/h1-4,13-17,23,37H,5-12,18-20H2. The highest BCUT2D eigenvalue weighted by molar-refractivity contribution is 5.98. The number of amides is 2. The number of likely N-dealkylation sites (tertiary alicyclic amines) is 2. The normalized spacial score (nSPS) is 18.5. The van der Waals surface area contributed by atoms with Crippen molar-refractivity contribution < 1.29 is 32.3 Å². The molecule has 1 aromatic heterocycles. The van der Waals surface area contributed by atoms with Gasteiger partial charge in [-0.2, -0.15) is 0 Å². The van der Waals surface area contributed by atoms with Crippen LogP contribution in [-0.4, -0.2) is 87.0 Å². The van der Waals surface area contributed by atoms with E-state index < -0.39 is 29.1 Å². The van der Waals surface area contributed by atoms with Gasteiger partial charge < -0.3 is 15.0 Å². The molecule has 3 fully saturated rings. The summed E-state index contributed by atoms with van der Waals surface area (Å²) >= 11 is 0. The first-order valence-corrected chi connectivity index (χ1v) is 15.2. The number of hydrogen-bond acceptors (Lipinski definition) is 8. The number of ketones is 1. The van der Waals surface area contributed by atoms with Crippen molar-refractivity contribution in [3.63, 3.8) is 0 Å². The Labute approximate surface area is 263 Å². The maximum absolute atomic E-state index is 14.4. The topological polar surface area (TPSA) is 120 Å². The number of nitrogens with zero attached hydrogens (tertiary/aromatic N) is 5. The first-order chi connectivity index (χ1) is 22.1. The van der Waals surface area contributed by atoms with Crippen LogP contribution in [0.25, 0.3) is 0 Å². The number of rotatable bonds is 8. The van der Waals surface area contributed by atoms with Gasteiger partial charge in [0, 0.05) is 68.8 Å². The van der Waals surface area contributed by atoms with Crippen LogP contribution in [0.3, 0.4) is 0 Å². The Morgan fingerprint density at radius 3 is 2.24 bits per heavy atom. The van der Waals surface area contributed by atoms with Crippen molar-refractivity contribution in [3.05, 3.63) is 94.3 Å². The molecule has 0 aliphatic carbocycles. The highest BCUT2D eigenvalue weighted by Crippen LogP contribution is 2.34. The van der Waals surface area contributed by atoms with Crippen molar-refractivity contribution in [3.8, 4) is 0 Å². The molecule has 3 aliphatic heterocycles. The second-order valence-corrected chi connectivity index (χ2v) is 12.1. The van der Waals surface area contributed by atoms with Crippen molar-refractivity contribution in [1.82, 2.24) is 24.7 Å². The lowest BCUT2D eigenvalue weighted by molar-refractivity contribution is -0.00165. The van der Waals surface area contributed by atoms with Gasteiger partial charge in [0.1, 0.15) is 28.7 Å². The SMILES string of the molecule is N=Cc1cc(F)c(CN2CCC3(CC2)CN(Cc2cnc(C(=O)N4CCC(C(=O)c5ccc(F)cc5)CC4)cn2)C(=O)O3)c(F)c1. The van der Waals surface area contributed by atoms with E-state index in [1.54, 1.807) is 9.80 Å². The van der Waals surface area contributed by atoms with Crippen LogP contribution >= 0.6 is 0 Å². The van der Waals surface area contributed by atoms with Gasteiger partial charge in [-0.3, -0.25) is 24.4 Å². The molecule has 0 radical (unpaired) electrons. The Morgan fingerprint density at radius 2 is 1.63 bits per heavy atom. The van der Waals surface area contributed by atoms with Crippen LogP contribution in [-0.2, 0) is 17.8 Å². The van der Waals surface area contributed by atoms with E-state index in [9.17, 15) is 27.6 Å². The molecule has 2 amide bonds. The van der Waals surface area contributed by atoms with Crippen molar-refractivity contribution in [2.45, 2.75) is 44.4 Å². The number of ether oxygens (including phenoxy) is 1. The zero-order valence-corrected chi connectivity index (χ0v) is 25.1. The molecule has 3 aromatic rings. The van der Waals surface area contributed by atoms with E-state index in [-0.39, 0.29) is 47.5 Å². The highest BCUT2D eigenvalue weighted by atomic mass is 19.1. The third-order valence-electron chi connectivity index (χ3n) is 9.08.